The number of nitrogens with zero attached hydrogens (tertiary/aromatic N) is 1. The number of nitrogens with one attached hydrogen (secondary N) is 2. The lowest BCUT2D eigenvalue weighted by atomic mass is 9.99. The molecule has 1 unspecified atom stereocenters. The standard InChI is InChI=1S/C24H20FN3OS/c1-16-15-19(24(30-16)28-23(29)17-9-3-2-4-10-17)22(18-11-5-6-12-20(18)25)27-21-13-7-8-14-26-21/h2-15,22H,1H3,(H,26,27)(H,28,29). The van der Waals surface area contributed by atoms with Crippen molar-refractivity contribution in [1.29, 1.82) is 0 Å². The molecule has 0 saturated heterocycles. The molecule has 6 heteroatoms. The Balaban J connectivity index is 1.74. The predicted molar refractivity (Wildman–Crippen MR) is 120 cm³/mol. The zero-order valence-electron chi connectivity index (χ0n) is 16.3. The quantitative estimate of drug-likeness (QED) is 0.402. The second-order valence-electron chi connectivity index (χ2n) is 6.78. The van der Waals surface area contributed by atoms with Gasteiger partial charge in [-0.1, -0.05) is 42.5 Å². The Morgan fingerprint density at radius 3 is 2.43 bits per heavy atom. The van der Waals surface area contributed by atoms with E-state index in [1.807, 2.05) is 49.4 Å². The molecule has 0 aliphatic rings. The highest BCUT2D eigenvalue weighted by Gasteiger charge is 2.24. The third-order valence-corrected chi connectivity index (χ3v) is 5.61. The van der Waals surface area contributed by atoms with E-state index >= 15 is 0 Å². The minimum atomic E-state index is -0.517. The fraction of sp³-hybridized carbons (Fsp3) is 0.0833. The average Bonchev–Trinajstić information content (AvgIpc) is 3.13. The Hall–Kier alpha value is -3.51. The van der Waals surface area contributed by atoms with Crippen LogP contribution in [0, 0.1) is 12.7 Å². The molecule has 4 nitrogen and oxygen atoms in total. The van der Waals surface area contributed by atoms with E-state index in [0.29, 0.717) is 21.9 Å². The van der Waals surface area contributed by atoms with E-state index < -0.39 is 6.04 Å². The van der Waals surface area contributed by atoms with Gasteiger partial charge in [0.15, 0.2) is 0 Å². The fourth-order valence-electron chi connectivity index (χ4n) is 3.24. The monoisotopic (exact) mass is 417 g/mol. The van der Waals surface area contributed by atoms with Gasteiger partial charge in [-0.2, -0.15) is 0 Å². The van der Waals surface area contributed by atoms with Crippen molar-refractivity contribution in [2.75, 3.05) is 10.6 Å². The summed E-state index contributed by atoms with van der Waals surface area (Å²) in [6, 6.07) is 22.6. The Bertz CT molecular complexity index is 1150. The molecule has 4 rings (SSSR count). The molecule has 0 bridgehead atoms. The van der Waals surface area contributed by atoms with Crippen LogP contribution in [0.15, 0.2) is 85.1 Å². The van der Waals surface area contributed by atoms with E-state index in [0.717, 1.165) is 10.4 Å². The fourth-order valence-corrected chi connectivity index (χ4v) is 4.19. The number of aromatic nitrogens is 1. The molecule has 2 aromatic carbocycles. The summed E-state index contributed by atoms with van der Waals surface area (Å²) in [5.41, 5.74) is 1.84. The van der Waals surface area contributed by atoms with E-state index in [2.05, 4.69) is 15.6 Å². The van der Waals surface area contributed by atoms with Crippen LogP contribution in [0.2, 0.25) is 0 Å². The van der Waals surface area contributed by atoms with Gasteiger partial charge in [0.1, 0.15) is 16.6 Å². The molecule has 1 amide bonds. The zero-order valence-corrected chi connectivity index (χ0v) is 17.1. The largest absolute Gasteiger partial charge is 0.359 e. The number of amides is 1. The summed E-state index contributed by atoms with van der Waals surface area (Å²) in [7, 11) is 0. The van der Waals surface area contributed by atoms with Gasteiger partial charge >= 0.3 is 0 Å². The maximum Gasteiger partial charge on any atom is 0.256 e. The van der Waals surface area contributed by atoms with Crippen LogP contribution < -0.4 is 10.6 Å². The Morgan fingerprint density at radius 1 is 0.967 bits per heavy atom. The molecular formula is C24H20FN3OS. The van der Waals surface area contributed by atoms with Crippen LogP contribution in [0.25, 0.3) is 0 Å². The highest BCUT2D eigenvalue weighted by atomic mass is 32.1. The summed E-state index contributed by atoms with van der Waals surface area (Å²) in [4.78, 5) is 18.1. The third kappa shape index (κ3) is 4.39. The lowest BCUT2D eigenvalue weighted by molar-refractivity contribution is 0.102. The first kappa shape index (κ1) is 19.8. The number of carbonyl (C=O) groups is 1. The molecular weight excluding hydrogens is 397 g/mol. The van der Waals surface area contributed by atoms with Gasteiger partial charge < -0.3 is 10.6 Å². The van der Waals surface area contributed by atoms with Crippen molar-refractivity contribution < 1.29 is 9.18 Å². The van der Waals surface area contributed by atoms with Crippen molar-refractivity contribution in [2.24, 2.45) is 0 Å². The first-order valence-electron chi connectivity index (χ1n) is 9.50. The van der Waals surface area contributed by atoms with E-state index in [-0.39, 0.29) is 11.7 Å². The maximum absolute atomic E-state index is 14.7. The van der Waals surface area contributed by atoms with Crippen LogP contribution in [0.1, 0.15) is 32.4 Å². The van der Waals surface area contributed by atoms with Gasteiger partial charge in [-0.15, -0.1) is 11.3 Å². The zero-order chi connectivity index (χ0) is 20.9. The van der Waals surface area contributed by atoms with Crippen molar-refractivity contribution in [1.82, 2.24) is 4.98 Å². The van der Waals surface area contributed by atoms with Crippen LogP contribution in [-0.2, 0) is 0 Å². The number of benzene rings is 2. The van der Waals surface area contributed by atoms with Gasteiger partial charge in [0.05, 0.1) is 6.04 Å². The summed E-state index contributed by atoms with van der Waals surface area (Å²) < 4.78 is 14.7. The van der Waals surface area contributed by atoms with E-state index in [1.165, 1.54) is 17.4 Å². The van der Waals surface area contributed by atoms with E-state index in [4.69, 9.17) is 0 Å². The lowest BCUT2D eigenvalue weighted by Crippen LogP contribution is -2.18. The average molecular weight is 418 g/mol. The number of pyridine rings is 1. The molecule has 0 fully saturated rings. The molecule has 2 N–H and O–H groups in total. The first-order chi connectivity index (χ1) is 14.6. The van der Waals surface area contributed by atoms with Gasteiger partial charge in [0.25, 0.3) is 5.91 Å². The molecule has 4 aromatic rings. The number of rotatable bonds is 6. The summed E-state index contributed by atoms with van der Waals surface area (Å²) in [6.45, 7) is 1.96. The number of carbonyl (C=O) groups excluding carboxylic acids is 1. The highest BCUT2D eigenvalue weighted by molar-refractivity contribution is 7.16. The molecule has 0 aliphatic heterocycles. The van der Waals surface area contributed by atoms with Crippen molar-refractivity contribution in [3.05, 3.63) is 112 Å². The van der Waals surface area contributed by atoms with E-state index in [9.17, 15) is 9.18 Å². The molecule has 2 heterocycles. The molecule has 0 radical (unpaired) electrons. The Labute approximate surface area is 178 Å². The summed E-state index contributed by atoms with van der Waals surface area (Å²) >= 11 is 1.46. The summed E-state index contributed by atoms with van der Waals surface area (Å²) in [6.07, 6.45) is 1.68. The number of halogens is 1. The first-order valence-corrected chi connectivity index (χ1v) is 10.3. The van der Waals surface area contributed by atoms with Gasteiger partial charge in [-0.05, 0) is 43.3 Å². The van der Waals surface area contributed by atoms with E-state index in [1.54, 1.807) is 36.5 Å². The van der Waals surface area contributed by atoms with Crippen molar-refractivity contribution in [2.45, 2.75) is 13.0 Å². The van der Waals surface area contributed by atoms with Crippen LogP contribution in [0.5, 0.6) is 0 Å². The number of thiophene rings is 1. The number of hydrogen-bond acceptors (Lipinski definition) is 4. The maximum atomic E-state index is 14.7. The van der Waals surface area contributed by atoms with Gasteiger partial charge in [-0.25, -0.2) is 9.37 Å². The van der Waals surface area contributed by atoms with Crippen LogP contribution >= 0.6 is 11.3 Å². The van der Waals surface area contributed by atoms with Crippen LogP contribution in [-0.4, -0.2) is 10.9 Å². The summed E-state index contributed by atoms with van der Waals surface area (Å²) in [5, 5.41) is 7.00. The highest BCUT2D eigenvalue weighted by Crippen LogP contribution is 2.38. The van der Waals surface area contributed by atoms with Crippen molar-refractivity contribution in [3.63, 3.8) is 0 Å². The minimum Gasteiger partial charge on any atom is -0.359 e. The number of anilines is 2. The minimum absolute atomic E-state index is 0.205. The lowest BCUT2D eigenvalue weighted by Gasteiger charge is -2.21. The van der Waals surface area contributed by atoms with Gasteiger partial charge in [-0.3, -0.25) is 4.79 Å². The molecule has 1 atom stereocenters. The molecule has 0 saturated carbocycles. The molecule has 0 aliphatic carbocycles. The topological polar surface area (TPSA) is 54.0 Å². The predicted octanol–water partition coefficient (Wildman–Crippen LogP) is 6.04. The van der Waals surface area contributed by atoms with Crippen molar-refractivity contribution >= 4 is 28.1 Å². The molecule has 150 valence electrons. The van der Waals surface area contributed by atoms with Gasteiger partial charge in [0.2, 0.25) is 0 Å². The summed E-state index contributed by atoms with van der Waals surface area (Å²) in [5.74, 6) is 0.0916. The smallest absolute Gasteiger partial charge is 0.256 e. The molecule has 2 aromatic heterocycles. The van der Waals surface area contributed by atoms with Crippen LogP contribution in [0.3, 0.4) is 0 Å². The SMILES string of the molecule is Cc1cc(C(Nc2ccccn2)c2ccccc2F)c(NC(=O)c2ccccc2)s1. The number of aryl methyl sites for hydroxylation is 1. The second kappa shape index (κ2) is 8.88. The molecule has 0 spiro atoms. The van der Waals surface area contributed by atoms with Crippen LogP contribution in [0.4, 0.5) is 15.2 Å². The Kier molecular flexibility index (Phi) is 5.86. The second-order valence-corrected chi connectivity index (χ2v) is 8.03. The Morgan fingerprint density at radius 2 is 1.70 bits per heavy atom. The normalized spacial score (nSPS) is 11.7. The molecule has 30 heavy (non-hydrogen) atoms. The van der Waals surface area contributed by atoms with Gasteiger partial charge in [0, 0.05) is 27.8 Å². The number of hydrogen-bond donors (Lipinski definition) is 2. The third-order valence-electron chi connectivity index (χ3n) is 4.63. The van der Waals surface area contributed by atoms with Crippen molar-refractivity contribution in [3.8, 4) is 0 Å².